The van der Waals surface area contributed by atoms with E-state index in [2.05, 4.69) is 14.9 Å². The van der Waals surface area contributed by atoms with Gasteiger partial charge in [-0.05, 0) is 41.8 Å². The fourth-order valence-electron chi connectivity index (χ4n) is 3.53. The van der Waals surface area contributed by atoms with E-state index in [1.165, 1.54) is 12.1 Å². The summed E-state index contributed by atoms with van der Waals surface area (Å²) < 4.78 is 43.5. The number of amides is 1. The smallest absolute Gasteiger partial charge is 0.251 e. The molecule has 0 aromatic heterocycles. The third-order valence-electron chi connectivity index (χ3n) is 5.19. The summed E-state index contributed by atoms with van der Waals surface area (Å²) in [5.74, 6) is -0.485. The lowest BCUT2D eigenvalue weighted by Crippen LogP contribution is -2.43. The molecule has 1 fully saturated rings. The highest BCUT2D eigenvalue weighted by molar-refractivity contribution is 7.88. The van der Waals surface area contributed by atoms with E-state index < -0.39 is 10.0 Å². The zero-order chi connectivity index (χ0) is 22.3. The number of nitrogens with zero attached hydrogens (tertiary/aromatic N) is 1. The van der Waals surface area contributed by atoms with Gasteiger partial charge in [-0.1, -0.05) is 24.3 Å². The second-order valence-electron chi connectivity index (χ2n) is 7.54. The largest absolute Gasteiger partial charge is 0.379 e. The molecule has 2 N–H and O–H groups in total. The van der Waals surface area contributed by atoms with Crippen LogP contribution in [0.25, 0.3) is 0 Å². The van der Waals surface area contributed by atoms with Crippen LogP contribution in [0.2, 0.25) is 0 Å². The van der Waals surface area contributed by atoms with Crippen molar-refractivity contribution in [2.75, 3.05) is 45.6 Å². The minimum Gasteiger partial charge on any atom is -0.379 e. The molecule has 1 saturated heterocycles. The number of halogens is 1. The van der Waals surface area contributed by atoms with E-state index in [0.717, 1.165) is 30.5 Å². The van der Waals surface area contributed by atoms with E-state index in [9.17, 15) is 17.6 Å². The maximum absolute atomic E-state index is 13.4. The molecule has 0 radical (unpaired) electrons. The second kappa shape index (κ2) is 10.8. The number of hydrogen-bond donors (Lipinski definition) is 2. The highest BCUT2D eigenvalue weighted by atomic mass is 32.2. The van der Waals surface area contributed by atoms with Gasteiger partial charge in [0.25, 0.3) is 5.91 Å². The van der Waals surface area contributed by atoms with Crippen molar-refractivity contribution in [2.45, 2.75) is 12.5 Å². The summed E-state index contributed by atoms with van der Waals surface area (Å²) in [5, 5.41) is 2.99. The predicted octanol–water partition coefficient (Wildman–Crippen LogP) is 1.72. The fraction of sp³-hybridized carbons (Fsp3) is 0.409. The summed E-state index contributed by atoms with van der Waals surface area (Å²) in [6.07, 6.45) is 1.66. The van der Waals surface area contributed by atoms with Crippen molar-refractivity contribution in [3.8, 4) is 0 Å². The van der Waals surface area contributed by atoms with Crippen LogP contribution in [0.1, 0.15) is 27.5 Å². The molecule has 1 aliphatic rings. The van der Waals surface area contributed by atoms with Gasteiger partial charge in [0, 0.05) is 31.7 Å². The van der Waals surface area contributed by atoms with Crippen LogP contribution in [0.5, 0.6) is 0 Å². The van der Waals surface area contributed by atoms with Crippen LogP contribution >= 0.6 is 0 Å². The summed E-state index contributed by atoms with van der Waals surface area (Å²) in [5.41, 5.74) is 2.40. The number of benzene rings is 2. The molecule has 7 nitrogen and oxygen atoms in total. The molecule has 1 amide bonds. The summed E-state index contributed by atoms with van der Waals surface area (Å²) in [4.78, 5) is 14.9. The first-order chi connectivity index (χ1) is 14.8. The molecule has 3 rings (SSSR count). The third-order valence-corrected chi connectivity index (χ3v) is 5.92. The number of hydrogen-bond acceptors (Lipinski definition) is 5. The van der Waals surface area contributed by atoms with Crippen LogP contribution in [-0.2, 0) is 21.2 Å². The van der Waals surface area contributed by atoms with E-state index in [-0.39, 0.29) is 17.8 Å². The molecule has 0 bridgehead atoms. The topological polar surface area (TPSA) is 87.7 Å². The predicted molar refractivity (Wildman–Crippen MR) is 117 cm³/mol. The lowest BCUT2D eigenvalue weighted by molar-refractivity contribution is 0.0162. The van der Waals surface area contributed by atoms with Crippen LogP contribution in [0.4, 0.5) is 4.39 Å². The Balaban J connectivity index is 1.60. The molecule has 0 aliphatic carbocycles. The normalized spacial score (nSPS) is 16.1. The molecule has 1 heterocycles. The Kier molecular flexibility index (Phi) is 8.14. The zero-order valence-corrected chi connectivity index (χ0v) is 18.3. The minimum absolute atomic E-state index is 0.0743. The monoisotopic (exact) mass is 449 g/mol. The van der Waals surface area contributed by atoms with Crippen molar-refractivity contribution in [1.82, 2.24) is 14.9 Å². The van der Waals surface area contributed by atoms with Crippen molar-refractivity contribution in [3.05, 3.63) is 71.0 Å². The molecule has 9 heteroatoms. The van der Waals surface area contributed by atoms with Crippen molar-refractivity contribution in [2.24, 2.45) is 0 Å². The number of carbonyl (C=O) groups is 1. The van der Waals surface area contributed by atoms with Gasteiger partial charge in [-0.2, -0.15) is 0 Å². The van der Waals surface area contributed by atoms with Crippen molar-refractivity contribution in [3.63, 3.8) is 0 Å². The first-order valence-corrected chi connectivity index (χ1v) is 12.1. The Bertz CT molecular complexity index is 959. The van der Waals surface area contributed by atoms with Gasteiger partial charge in [-0.15, -0.1) is 0 Å². The van der Waals surface area contributed by atoms with E-state index >= 15 is 0 Å². The van der Waals surface area contributed by atoms with Crippen molar-refractivity contribution < 1.29 is 22.3 Å². The van der Waals surface area contributed by atoms with Crippen LogP contribution in [0.15, 0.2) is 48.5 Å². The van der Waals surface area contributed by atoms with E-state index in [1.807, 2.05) is 12.1 Å². The summed E-state index contributed by atoms with van der Waals surface area (Å²) in [6, 6.07) is 13.4. The summed E-state index contributed by atoms with van der Waals surface area (Å²) in [6.45, 7) is 3.44. The standard InChI is InChI=1S/C22H28FN3O4S/c1-31(28,29)25-11-10-17-2-4-19(5-3-17)22(27)24-16-21(26-12-14-30-15-13-26)18-6-8-20(23)9-7-18/h2-9,21,25H,10-16H2,1H3,(H,24,27). The fourth-order valence-corrected chi connectivity index (χ4v) is 4.00. The Labute approximate surface area is 182 Å². The molecule has 0 spiro atoms. The van der Waals surface area contributed by atoms with Crippen LogP contribution in [0, 0.1) is 5.82 Å². The Morgan fingerprint density at radius 2 is 1.74 bits per heavy atom. The molecule has 168 valence electrons. The molecule has 1 atom stereocenters. The van der Waals surface area contributed by atoms with Gasteiger partial charge < -0.3 is 10.1 Å². The number of carbonyl (C=O) groups excluding carboxylic acids is 1. The quantitative estimate of drug-likeness (QED) is 0.609. The first-order valence-electron chi connectivity index (χ1n) is 10.2. The maximum atomic E-state index is 13.4. The SMILES string of the molecule is CS(=O)(=O)NCCc1ccc(C(=O)NCC(c2ccc(F)cc2)N2CCOCC2)cc1. The molecule has 2 aromatic carbocycles. The highest BCUT2D eigenvalue weighted by Gasteiger charge is 2.23. The van der Waals surface area contributed by atoms with Gasteiger partial charge in [0.15, 0.2) is 0 Å². The number of morpholine rings is 1. The van der Waals surface area contributed by atoms with Gasteiger partial charge in [-0.25, -0.2) is 17.5 Å². The van der Waals surface area contributed by atoms with Crippen LogP contribution in [-0.4, -0.2) is 64.9 Å². The van der Waals surface area contributed by atoms with Crippen LogP contribution < -0.4 is 10.0 Å². The number of sulfonamides is 1. The maximum Gasteiger partial charge on any atom is 0.251 e. The van der Waals surface area contributed by atoms with E-state index in [0.29, 0.717) is 38.3 Å². The molecular weight excluding hydrogens is 421 g/mol. The molecule has 0 saturated carbocycles. The van der Waals surface area contributed by atoms with E-state index in [4.69, 9.17) is 4.74 Å². The van der Waals surface area contributed by atoms with Gasteiger partial charge in [0.05, 0.1) is 25.5 Å². The Morgan fingerprint density at radius 1 is 1.10 bits per heavy atom. The minimum atomic E-state index is -3.21. The Hall–Kier alpha value is -2.33. The molecule has 1 aliphatic heterocycles. The molecule has 1 unspecified atom stereocenters. The van der Waals surface area contributed by atoms with Crippen molar-refractivity contribution in [1.29, 1.82) is 0 Å². The van der Waals surface area contributed by atoms with Gasteiger partial charge in [-0.3, -0.25) is 9.69 Å². The second-order valence-corrected chi connectivity index (χ2v) is 9.37. The van der Waals surface area contributed by atoms with Gasteiger partial charge >= 0.3 is 0 Å². The number of nitrogens with one attached hydrogen (secondary N) is 2. The third kappa shape index (κ3) is 7.39. The average molecular weight is 450 g/mol. The van der Waals surface area contributed by atoms with Crippen LogP contribution in [0.3, 0.4) is 0 Å². The lowest BCUT2D eigenvalue weighted by atomic mass is 10.0. The number of ether oxygens (including phenoxy) is 1. The summed E-state index contributed by atoms with van der Waals surface area (Å²) >= 11 is 0. The average Bonchev–Trinajstić information content (AvgIpc) is 2.75. The first kappa shape index (κ1) is 23.3. The summed E-state index contributed by atoms with van der Waals surface area (Å²) in [7, 11) is -3.21. The van der Waals surface area contributed by atoms with E-state index in [1.54, 1.807) is 24.3 Å². The molecule has 31 heavy (non-hydrogen) atoms. The molecular formula is C22H28FN3O4S. The van der Waals surface area contributed by atoms with Crippen molar-refractivity contribution >= 4 is 15.9 Å². The zero-order valence-electron chi connectivity index (χ0n) is 17.5. The lowest BCUT2D eigenvalue weighted by Gasteiger charge is -2.35. The Morgan fingerprint density at radius 3 is 2.35 bits per heavy atom. The number of rotatable bonds is 9. The van der Waals surface area contributed by atoms with Gasteiger partial charge in [0.1, 0.15) is 5.82 Å². The van der Waals surface area contributed by atoms with Gasteiger partial charge in [0.2, 0.25) is 10.0 Å². The highest BCUT2D eigenvalue weighted by Crippen LogP contribution is 2.22. The molecule has 2 aromatic rings.